The lowest BCUT2D eigenvalue weighted by molar-refractivity contribution is 0.206. The van der Waals surface area contributed by atoms with Crippen LogP contribution in [0.2, 0.25) is 0 Å². The molecule has 1 unspecified atom stereocenters. The third-order valence-corrected chi connectivity index (χ3v) is 5.93. The number of para-hydroxylation sites is 1. The number of hydrogen-bond acceptors (Lipinski definition) is 1. The van der Waals surface area contributed by atoms with E-state index >= 15 is 0 Å². The van der Waals surface area contributed by atoms with Gasteiger partial charge in [0.2, 0.25) is 0 Å². The van der Waals surface area contributed by atoms with Crippen molar-refractivity contribution in [3.63, 3.8) is 0 Å². The summed E-state index contributed by atoms with van der Waals surface area (Å²) in [7, 11) is 0. The van der Waals surface area contributed by atoms with Gasteiger partial charge in [0.1, 0.15) is 5.75 Å². The van der Waals surface area contributed by atoms with Crippen LogP contribution in [0.5, 0.6) is 5.75 Å². The molecule has 0 aliphatic rings. The van der Waals surface area contributed by atoms with Gasteiger partial charge in [0, 0.05) is 5.56 Å². The first-order valence-electron chi connectivity index (χ1n) is 12.7. The number of ether oxygens (including phenoxy) is 1. The normalized spacial score (nSPS) is 12.1. The summed E-state index contributed by atoms with van der Waals surface area (Å²) in [6.07, 6.45) is 26.0. The van der Waals surface area contributed by atoms with Crippen LogP contribution < -0.4 is 4.74 Å². The highest BCUT2D eigenvalue weighted by molar-refractivity contribution is 5.55. The summed E-state index contributed by atoms with van der Waals surface area (Å²) in [6, 6.07) is 8.17. The van der Waals surface area contributed by atoms with Crippen LogP contribution in [0.3, 0.4) is 0 Å². The molecule has 0 spiro atoms. The van der Waals surface area contributed by atoms with Crippen molar-refractivity contribution in [1.82, 2.24) is 0 Å². The molecule has 1 nitrogen and oxygen atoms in total. The Bertz CT molecular complexity index is 493. The molecule has 1 atom stereocenters. The van der Waals surface area contributed by atoms with E-state index in [1.54, 1.807) is 0 Å². The summed E-state index contributed by atoms with van der Waals surface area (Å²) >= 11 is 0. The summed E-state index contributed by atoms with van der Waals surface area (Å²) in [6.45, 7) is 8.35. The monoisotopic (exact) mass is 400 g/mol. The maximum Gasteiger partial charge on any atom is 0.126 e. The Hall–Kier alpha value is -1.24. The lowest BCUT2D eigenvalue weighted by atomic mass is 10.0. The number of benzene rings is 1. The lowest BCUT2D eigenvalue weighted by Crippen LogP contribution is -2.12. The Labute approximate surface area is 182 Å². The first-order valence-corrected chi connectivity index (χ1v) is 12.7. The van der Waals surface area contributed by atoms with E-state index in [1.165, 1.54) is 103 Å². The summed E-state index contributed by atoms with van der Waals surface area (Å²) < 4.78 is 6.09. The molecule has 29 heavy (non-hydrogen) atoms. The van der Waals surface area contributed by atoms with Gasteiger partial charge in [-0.2, -0.15) is 0 Å². The summed E-state index contributed by atoms with van der Waals surface area (Å²) in [5.41, 5.74) is 1.09. The van der Waals surface area contributed by atoms with Crippen LogP contribution in [0.15, 0.2) is 30.8 Å². The Morgan fingerprint density at radius 3 is 1.66 bits per heavy atom. The molecule has 0 aliphatic heterocycles. The molecule has 0 N–H and O–H groups in total. The molecule has 1 aromatic rings. The van der Waals surface area contributed by atoms with Crippen LogP contribution in [0.25, 0.3) is 6.08 Å². The van der Waals surface area contributed by atoms with E-state index in [-0.39, 0.29) is 6.10 Å². The molecule has 0 heterocycles. The Morgan fingerprint density at radius 1 is 0.724 bits per heavy atom. The zero-order valence-corrected chi connectivity index (χ0v) is 19.6. The molecule has 0 aliphatic carbocycles. The van der Waals surface area contributed by atoms with E-state index in [4.69, 9.17) is 4.74 Å². The van der Waals surface area contributed by atoms with E-state index in [9.17, 15) is 0 Å². The smallest absolute Gasteiger partial charge is 0.126 e. The van der Waals surface area contributed by atoms with Crippen molar-refractivity contribution in [2.45, 2.75) is 129 Å². The molecule has 0 radical (unpaired) electrons. The van der Waals surface area contributed by atoms with Gasteiger partial charge in [-0.3, -0.25) is 0 Å². The molecule has 166 valence electrons. The van der Waals surface area contributed by atoms with Crippen molar-refractivity contribution in [3.8, 4) is 5.75 Å². The van der Waals surface area contributed by atoms with E-state index in [0.717, 1.165) is 17.7 Å². The van der Waals surface area contributed by atoms with Crippen molar-refractivity contribution >= 4 is 6.08 Å². The van der Waals surface area contributed by atoms with E-state index < -0.39 is 0 Å². The first-order chi connectivity index (χ1) is 14.3. The SMILES string of the molecule is C=Cc1ccccc1OC(C)CCCCCCCCCCCCCCCCCC. The molecule has 0 aromatic heterocycles. The first kappa shape index (κ1) is 25.8. The molecule has 0 saturated carbocycles. The van der Waals surface area contributed by atoms with Gasteiger partial charge in [0.05, 0.1) is 6.10 Å². The largest absolute Gasteiger partial charge is 0.490 e. The standard InChI is InChI=1S/C28H48O/c1-4-6-7-8-9-10-11-12-13-14-15-16-17-18-19-20-23-26(3)29-28-25-22-21-24-27(28)5-2/h5,21-22,24-26H,2,4,6-20,23H2,1,3H3. The van der Waals surface area contributed by atoms with Crippen LogP contribution in [-0.2, 0) is 0 Å². The zero-order chi connectivity index (χ0) is 21.0. The van der Waals surface area contributed by atoms with Crippen molar-refractivity contribution in [2.24, 2.45) is 0 Å². The second kappa shape index (κ2) is 18.8. The molecule has 0 bridgehead atoms. The Balaban J connectivity index is 1.84. The maximum absolute atomic E-state index is 6.09. The third-order valence-electron chi connectivity index (χ3n) is 5.93. The molecule has 0 saturated heterocycles. The van der Waals surface area contributed by atoms with Crippen LogP contribution in [0.4, 0.5) is 0 Å². The highest BCUT2D eigenvalue weighted by Gasteiger charge is 2.06. The van der Waals surface area contributed by atoms with Gasteiger partial charge >= 0.3 is 0 Å². The average Bonchev–Trinajstić information content (AvgIpc) is 2.74. The van der Waals surface area contributed by atoms with Gasteiger partial charge in [0.15, 0.2) is 0 Å². The Morgan fingerprint density at radius 2 is 1.17 bits per heavy atom. The van der Waals surface area contributed by atoms with E-state index in [1.807, 2.05) is 24.3 Å². The van der Waals surface area contributed by atoms with Gasteiger partial charge in [-0.1, -0.05) is 134 Å². The summed E-state index contributed by atoms with van der Waals surface area (Å²) in [5, 5.41) is 0. The second-order valence-corrected chi connectivity index (χ2v) is 8.76. The van der Waals surface area contributed by atoms with Crippen LogP contribution >= 0.6 is 0 Å². The Kier molecular flexibility index (Phi) is 16.7. The molecule has 1 rings (SSSR count). The van der Waals surface area contributed by atoms with Gasteiger partial charge in [-0.15, -0.1) is 0 Å². The van der Waals surface area contributed by atoms with Crippen LogP contribution in [0, 0.1) is 0 Å². The predicted octanol–water partition coefficient (Wildman–Crippen LogP) is 9.75. The maximum atomic E-state index is 6.09. The highest BCUT2D eigenvalue weighted by atomic mass is 16.5. The third kappa shape index (κ3) is 14.4. The minimum absolute atomic E-state index is 0.280. The summed E-state index contributed by atoms with van der Waals surface area (Å²) in [5.74, 6) is 0.964. The van der Waals surface area contributed by atoms with Crippen molar-refractivity contribution in [1.29, 1.82) is 0 Å². The van der Waals surface area contributed by atoms with Crippen molar-refractivity contribution in [2.75, 3.05) is 0 Å². The molecular weight excluding hydrogens is 352 g/mol. The van der Waals surface area contributed by atoms with Crippen LogP contribution in [-0.4, -0.2) is 6.10 Å². The van der Waals surface area contributed by atoms with Crippen molar-refractivity contribution in [3.05, 3.63) is 36.4 Å². The fourth-order valence-electron chi connectivity index (χ4n) is 4.01. The van der Waals surface area contributed by atoms with Gasteiger partial charge < -0.3 is 4.74 Å². The molecule has 0 fully saturated rings. The zero-order valence-electron chi connectivity index (χ0n) is 19.6. The molecular formula is C28H48O. The van der Waals surface area contributed by atoms with E-state index in [0.29, 0.717) is 0 Å². The lowest BCUT2D eigenvalue weighted by Gasteiger charge is -2.16. The van der Waals surface area contributed by atoms with Gasteiger partial charge in [-0.05, 0) is 25.8 Å². The average molecular weight is 401 g/mol. The number of unbranched alkanes of at least 4 members (excludes halogenated alkanes) is 15. The number of rotatable bonds is 20. The molecule has 1 aromatic carbocycles. The van der Waals surface area contributed by atoms with Gasteiger partial charge in [0.25, 0.3) is 0 Å². The quantitative estimate of drug-likeness (QED) is 0.198. The van der Waals surface area contributed by atoms with Crippen molar-refractivity contribution < 1.29 is 4.74 Å². The molecule has 1 heteroatoms. The van der Waals surface area contributed by atoms with E-state index in [2.05, 4.69) is 26.5 Å². The fourth-order valence-corrected chi connectivity index (χ4v) is 4.01. The topological polar surface area (TPSA) is 9.23 Å². The number of hydrogen-bond donors (Lipinski definition) is 0. The predicted molar refractivity (Wildman–Crippen MR) is 131 cm³/mol. The fraction of sp³-hybridized carbons (Fsp3) is 0.714. The summed E-state index contributed by atoms with van der Waals surface area (Å²) in [4.78, 5) is 0. The highest BCUT2D eigenvalue weighted by Crippen LogP contribution is 2.22. The minimum atomic E-state index is 0.280. The molecule has 0 amide bonds. The minimum Gasteiger partial charge on any atom is -0.490 e. The van der Waals surface area contributed by atoms with Crippen LogP contribution in [0.1, 0.15) is 129 Å². The van der Waals surface area contributed by atoms with Gasteiger partial charge in [-0.25, -0.2) is 0 Å². The second-order valence-electron chi connectivity index (χ2n) is 8.76.